The Morgan fingerprint density at radius 3 is 2.78 bits per heavy atom. The number of aliphatic hydroxyl groups is 1. The van der Waals surface area contributed by atoms with Crippen LogP contribution < -0.4 is 0 Å². The van der Waals surface area contributed by atoms with Gasteiger partial charge in [0.2, 0.25) is 0 Å². The Labute approximate surface area is 108 Å². The van der Waals surface area contributed by atoms with E-state index in [-0.39, 0.29) is 34.7 Å². The van der Waals surface area contributed by atoms with E-state index in [0.717, 1.165) is 25.9 Å². The minimum atomic E-state index is -0.299. The van der Waals surface area contributed by atoms with Gasteiger partial charge in [-0.05, 0) is 19.8 Å². The van der Waals surface area contributed by atoms with E-state index < -0.39 is 0 Å². The molecule has 0 amide bonds. The van der Waals surface area contributed by atoms with Crippen LogP contribution in [0.3, 0.4) is 0 Å². The van der Waals surface area contributed by atoms with Gasteiger partial charge in [-0.3, -0.25) is 0 Å². The zero-order chi connectivity index (χ0) is 12.8. The van der Waals surface area contributed by atoms with Crippen molar-refractivity contribution < 1.29 is 14.6 Å². The second kappa shape index (κ2) is 3.02. The zero-order valence-corrected chi connectivity index (χ0v) is 11.4. The van der Waals surface area contributed by atoms with Gasteiger partial charge in [0.25, 0.3) is 0 Å². The lowest BCUT2D eigenvalue weighted by Gasteiger charge is -2.57. The lowest BCUT2D eigenvalue weighted by molar-refractivity contribution is -0.204. The third-order valence-corrected chi connectivity index (χ3v) is 6.56. The van der Waals surface area contributed by atoms with Crippen LogP contribution in [0.15, 0.2) is 11.6 Å². The number of hydrogen-bond acceptors (Lipinski definition) is 3. The van der Waals surface area contributed by atoms with Gasteiger partial charge in [-0.2, -0.15) is 0 Å². The highest BCUT2D eigenvalue weighted by atomic mass is 16.6. The molecule has 2 bridgehead atoms. The van der Waals surface area contributed by atoms with E-state index in [9.17, 15) is 5.11 Å². The van der Waals surface area contributed by atoms with Crippen molar-refractivity contribution in [3.05, 3.63) is 11.6 Å². The molecule has 2 saturated heterocycles. The maximum Gasteiger partial charge on any atom is 0.126 e. The van der Waals surface area contributed by atoms with Gasteiger partial charge in [-0.1, -0.05) is 25.5 Å². The first-order chi connectivity index (χ1) is 8.44. The van der Waals surface area contributed by atoms with E-state index in [1.54, 1.807) is 0 Å². The molecule has 6 atom stereocenters. The van der Waals surface area contributed by atoms with Gasteiger partial charge >= 0.3 is 0 Å². The van der Waals surface area contributed by atoms with Crippen molar-refractivity contribution in [2.75, 3.05) is 6.61 Å². The highest BCUT2D eigenvalue weighted by Crippen LogP contribution is 2.71. The highest BCUT2D eigenvalue weighted by molar-refractivity contribution is 5.31. The summed E-state index contributed by atoms with van der Waals surface area (Å²) in [7, 11) is 0. The van der Waals surface area contributed by atoms with Gasteiger partial charge in [-0.15, -0.1) is 0 Å². The highest BCUT2D eigenvalue weighted by Gasteiger charge is 2.80. The lowest BCUT2D eigenvalue weighted by Crippen LogP contribution is -2.63. The number of fused-ring (bicyclic) bond motifs is 2. The number of epoxide rings is 1. The minimum absolute atomic E-state index is 0.00454. The molecule has 2 heterocycles. The predicted molar refractivity (Wildman–Crippen MR) is 67.2 cm³/mol. The molecule has 1 unspecified atom stereocenters. The normalized spacial score (nSPS) is 61.6. The maximum absolute atomic E-state index is 10.6. The standard InChI is InChI=1S/C15H22O3/c1-9-4-5-13(2)11(6-9)18-12-7-10(16)14(13,3)15(12)8-17-15/h6,10-12,16H,4-5,7-8H2,1-3H3/t10-,11-,12-,13+,14-,15?/m1/s1. The van der Waals surface area contributed by atoms with E-state index in [1.807, 2.05) is 0 Å². The molecule has 4 aliphatic rings. The molecule has 3 heteroatoms. The Kier molecular flexibility index (Phi) is 1.92. The van der Waals surface area contributed by atoms with Crippen LogP contribution in [0.25, 0.3) is 0 Å². The Balaban J connectivity index is 1.88. The molecular weight excluding hydrogens is 228 g/mol. The maximum atomic E-state index is 10.6. The number of aliphatic hydroxyl groups excluding tert-OH is 1. The molecule has 18 heavy (non-hydrogen) atoms. The van der Waals surface area contributed by atoms with Gasteiger partial charge in [0, 0.05) is 17.3 Å². The average molecular weight is 250 g/mol. The summed E-state index contributed by atoms with van der Waals surface area (Å²) in [5, 5.41) is 10.6. The molecule has 0 aromatic carbocycles. The Morgan fingerprint density at radius 1 is 1.39 bits per heavy atom. The largest absolute Gasteiger partial charge is 0.392 e. The smallest absolute Gasteiger partial charge is 0.126 e. The van der Waals surface area contributed by atoms with Crippen molar-refractivity contribution in [2.45, 2.75) is 63.9 Å². The molecular formula is C15H22O3. The van der Waals surface area contributed by atoms with Crippen molar-refractivity contribution in [1.82, 2.24) is 0 Å². The van der Waals surface area contributed by atoms with E-state index in [4.69, 9.17) is 9.47 Å². The SMILES string of the molecule is CC1=C[C@H]2O[C@@H]3C[C@@H](O)[C@@](C)(C34CO4)[C@@]2(C)CC1. The fraction of sp³-hybridized carbons (Fsp3) is 0.867. The van der Waals surface area contributed by atoms with Gasteiger partial charge in [0.05, 0.1) is 24.9 Å². The van der Waals surface area contributed by atoms with Crippen LogP contribution in [0.4, 0.5) is 0 Å². The quantitative estimate of drug-likeness (QED) is 0.528. The van der Waals surface area contributed by atoms with Crippen molar-refractivity contribution >= 4 is 0 Å². The molecule has 1 spiro atoms. The molecule has 1 N–H and O–H groups in total. The average Bonchev–Trinajstić information content (AvgIpc) is 3.08. The molecule has 0 aromatic heterocycles. The second-order valence-electron chi connectivity index (χ2n) is 7.11. The first-order valence-electron chi connectivity index (χ1n) is 7.09. The van der Waals surface area contributed by atoms with Crippen molar-refractivity contribution in [1.29, 1.82) is 0 Å². The van der Waals surface area contributed by atoms with Crippen LogP contribution >= 0.6 is 0 Å². The fourth-order valence-electron chi connectivity index (χ4n) is 4.88. The topological polar surface area (TPSA) is 42.0 Å². The Bertz CT molecular complexity index is 439. The van der Waals surface area contributed by atoms with Gasteiger partial charge in [-0.25, -0.2) is 0 Å². The Hall–Kier alpha value is -0.380. The van der Waals surface area contributed by atoms with Crippen LogP contribution in [0.1, 0.15) is 40.0 Å². The summed E-state index contributed by atoms with van der Waals surface area (Å²) in [6, 6.07) is 0. The van der Waals surface area contributed by atoms with Crippen molar-refractivity contribution in [3.8, 4) is 0 Å². The van der Waals surface area contributed by atoms with E-state index in [0.29, 0.717) is 0 Å². The molecule has 3 nitrogen and oxygen atoms in total. The molecule has 1 saturated carbocycles. The first kappa shape index (κ1) is 11.4. The number of allylic oxidation sites excluding steroid dienone is 1. The number of hydrogen-bond donors (Lipinski definition) is 1. The van der Waals surface area contributed by atoms with Gasteiger partial charge in [0.15, 0.2) is 0 Å². The summed E-state index contributed by atoms with van der Waals surface area (Å²) in [4.78, 5) is 0. The fourth-order valence-corrected chi connectivity index (χ4v) is 4.88. The molecule has 3 fully saturated rings. The molecule has 2 aliphatic carbocycles. The number of rotatable bonds is 0. The van der Waals surface area contributed by atoms with Crippen molar-refractivity contribution in [3.63, 3.8) is 0 Å². The lowest BCUT2D eigenvalue weighted by atomic mass is 9.52. The predicted octanol–water partition coefficient (Wildman–Crippen LogP) is 2.04. The van der Waals surface area contributed by atoms with Crippen LogP contribution in [-0.4, -0.2) is 35.6 Å². The summed E-state index contributed by atoms with van der Waals surface area (Å²) in [5.74, 6) is 0. The molecule has 100 valence electrons. The Morgan fingerprint density at radius 2 is 2.11 bits per heavy atom. The van der Waals surface area contributed by atoms with Gasteiger partial charge in [0.1, 0.15) is 5.60 Å². The van der Waals surface area contributed by atoms with Crippen LogP contribution in [0.2, 0.25) is 0 Å². The molecule has 2 aliphatic heterocycles. The molecule has 0 radical (unpaired) electrons. The van der Waals surface area contributed by atoms with Crippen LogP contribution in [-0.2, 0) is 9.47 Å². The summed E-state index contributed by atoms with van der Waals surface area (Å²) < 4.78 is 12.1. The van der Waals surface area contributed by atoms with E-state index in [1.165, 1.54) is 5.57 Å². The second-order valence-corrected chi connectivity index (χ2v) is 7.11. The molecule has 4 rings (SSSR count). The zero-order valence-electron chi connectivity index (χ0n) is 11.4. The number of ether oxygens (including phenoxy) is 2. The third-order valence-electron chi connectivity index (χ3n) is 6.56. The van der Waals surface area contributed by atoms with Crippen molar-refractivity contribution in [2.24, 2.45) is 10.8 Å². The van der Waals surface area contributed by atoms with Gasteiger partial charge < -0.3 is 14.6 Å². The minimum Gasteiger partial charge on any atom is -0.392 e. The first-order valence-corrected chi connectivity index (χ1v) is 7.09. The summed E-state index contributed by atoms with van der Waals surface area (Å²) in [6.07, 6.45) is 5.14. The summed E-state index contributed by atoms with van der Waals surface area (Å²) in [6.45, 7) is 7.46. The summed E-state index contributed by atoms with van der Waals surface area (Å²) >= 11 is 0. The van der Waals surface area contributed by atoms with E-state index in [2.05, 4.69) is 26.8 Å². The summed E-state index contributed by atoms with van der Waals surface area (Å²) in [5.41, 5.74) is 1.05. The third kappa shape index (κ3) is 0.972. The van der Waals surface area contributed by atoms with E-state index >= 15 is 0 Å². The molecule has 0 aromatic rings. The van der Waals surface area contributed by atoms with Crippen LogP contribution in [0, 0.1) is 10.8 Å². The van der Waals surface area contributed by atoms with Crippen LogP contribution in [0.5, 0.6) is 0 Å². The monoisotopic (exact) mass is 250 g/mol.